The van der Waals surface area contributed by atoms with Crippen molar-refractivity contribution in [2.24, 2.45) is 0 Å². The number of carboxylic acids is 1. The van der Waals surface area contributed by atoms with Crippen molar-refractivity contribution in [2.75, 3.05) is 0 Å². The number of hydrogen-bond donors (Lipinski definition) is 1. The van der Waals surface area contributed by atoms with Gasteiger partial charge in [0.15, 0.2) is 0 Å². The molecule has 0 unspecified atom stereocenters. The van der Waals surface area contributed by atoms with Crippen LogP contribution in [0.3, 0.4) is 0 Å². The quantitative estimate of drug-likeness (QED) is 0.783. The minimum Gasteiger partial charge on any atom is -0.478 e. The van der Waals surface area contributed by atoms with Crippen molar-refractivity contribution in [1.82, 2.24) is 19.6 Å². The number of nitrogens with zero attached hydrogens (tertiary/aromatic N) is 4. The Kier molecular flexibility index (Phi) is 3.04. The third-order valence-electron chi connectivity index (χ3n) is 2.93. The zero-order chi connectivity index (χ0) is 13.9. The standard InChI is InChI=1S/C14H12N4O2/c19-14(20)12-8-16-17(10-12)9-11-2-4-13(5-3-11)18-7-1-6-15-18/h1-8,10H,9H2,(H,19,20). The van der Waals surface area contributed by atoms with Crippen LogP contribution in [0.4, 0.5) is 0 Å². The highest BCUT2D eigenvalue weighted by Crippen LogP contribution is 2.10. The van der Waals surface area contributed by atoms with Gasteiger partial charge in [-0.1, -0.05) is 12.1 Å². The molecule has 3 rings (SSSR count). The molecule has 0 atom stereocenters. The summed E-state index contributed by atoms with van der Waals surface area (Å²) < 4.78 is 3.38. The molecular weight excluding hydrogens is 256 g/mol. The van der Waals surface area contributed by atoms with Gasteiger partial charge in [0.05, 0.1) is 24.0 Å². The maximum atomic E-state index is 10.8. The molecule has 6 nitrogen and oxygen atoms in total. The van der Waals surface area contributed by atoms with E-state index in [2.05, 4.69) is 10.2 Å². The molecule has 0 aliphatic carbocycles. The Hall–Kier alpha value is -2.89. The summed E-state index contributed by atoms with van der Waals surface area (Å²) in [6, 6.07) is 9.73. The summed E-state index contributed by atoms with van der Waals surface area (Å²) >= 11 is 0. The van der Waals surface area contributed by atoms with Crippen LogP contribution in [0.15, 0.2) is 55.1 Å². The fraction of sp³-hybridized carbons (Fsp3) is 0.0714. The molecular formula is C14H12N4O2. The second kappa shape index (κ2) is 5.00. The molecule has 0 bridgehead atoms. The van der Waals surface area contributed by atoms with Crippen LogP contribution in [-0.2, 0) is 6.54 Å². The molecule has 0 aliphatic rings. The Labute approximate surface area is 114 Å². The highest BCUT2D eigenvalue weighted by Gasteiger charge is 2.06. The van der Waals surface area contributed by atoms with E-state index in [1.165, 1.54) is 12.4 Å². The van der Waals surface area contributed by atoms with Crippen LogP contribution in [-0.4, -0.2) is 30.6 Å². The van der Waals surface area contributed by atoms with E-state index in [1.54, 1.807) is 15.6 Å². The van der Waals surface area contributed by atoms with Gasteiger partial charge in [-0.3, -0.25) is 4.68 Å². The minimum absolute atomic E-state index is 0.193. The number of hydrogen-bond acceptors (Lipinski definition) is 3. The summed E-state index contributed by atoms with van der Waals surface area (Å²) in [6.07, 6.45) is 6.47. The van der Waals surface area contributed by atoms with Gasteiger partial charge in [0, 0.05) is 18.6 Å². The van der Waals surface area contributed by atoms with Gasteiger partial charge in [0.25, 0.3) is 0 Å². The lowest BCUT2D eigenvalue weighted by Crippen LogP contribution is -2.01. The number of carboxylic acid groups (broad SMARTS) is 1. The van der Waals surface area contributed by atoms with E-state index in [9.17, 15) is 4.79 Å². The number of benzene rings is 1. The van der Waals surface area contributed by atoms with Crippen molar-refractivity contribution in [3.63, 3.8) is 0 Å². The van der Waals surface area contributed by atoms with Crippen LogP contribution >= 0.6 is 0 Å². The molecule has 2 heterocycles. The van der Waals surface area contributed by atoms with E-state index in [0.717, 1.165) is 11.3 Å². The van der Waals surface area contributed by atoms with Gasteiger partial charge in [0.2, 0.25) is 0 Å². The molecule has 0 radical (unpaired) electrons. The normalized spacial score (nSPS) is 10.6. The largest absolute Gasteiger partial charge is 0.478 e. The van der Waals surface area contributed by atoms with Gasteiger partial charge in [-0.05, 0) is 23.8 Å². The summed E-state index contributed by atoms with van der Waals surface area (Å²) in [5.74, 6) is -0.967. The van der Waals surface area contributed by atoms with Gasteiger partial charge in [-0.15, -0.1) is 0 Å². The maximum Gasteiger partial charge on any atom is 0.338 e. The van der Waals surface area contributed by atoms with Crippen molar-refractivity contribution in [1.29, 1.82) is 0 Å². The highest BCUT2D eigenvalue weighted by atomic mass is 16.4. The van der Waals surface area contributed by atoms with Crippen LogP contribution in [0.25, 0.3) is 5.69 Å². The number of aromatic carboxylic acids is 1. The second-order valence-electron chi connectivity index (χ2n) is 4.35. The molecule has 6 heteroatoms. The predicted octanol–water partition coefficient (Wildman–Crippen LogP) is 1.82. The average Bonchev–Trinajstić information content (AvgIpc) is 3.10. The first-order valence-corrected chi connectivity index (χ1v) is 6.07. The minimum atomic E-state index is -0.967. The lowest BCUT2D eigenvalue weighted by molar-refractivity contribution is 0.0697. The summed E-state index contributed by atoms with van der Waals surface area (Å²) in [5.41, 5.74) is 2.21. The molecule has 1 aromatic carbocycles. The predicted molar refractivity (Wildman–Crippen MR) is 71.9 cm³/mol. The molecule has 3 aromatic rings. The van der Waals surface area contributed by atoms with Crippen LogP contribution in [0, 0.1) is 0 Å². The van der Waals surface area contributed by atoms with E-state index in [-0.39, 0.29) is 5.56 Å². The Balaban J connectivity index is 1.76. The zero-order valence-electron chi connectivity index (χ0n) is 10.5. The zero-order valence-corrected chi connectivity index (χ0v) is 10.5. The van der Waals surface area contributed by atoms with Crippen molar-refractivity contribution in [3.8, 4) is 5.69 Å². The molecule has 0 spiro atoms. The van der Waals surface area contributed by atoms with Gasteiger partial charge in [-0.25, -0.2) is 9.48 Å². The number of aromatic nitrogens is 4. The molecule has 0 saturated carbocycles. The molecule has 0 amide bonds. The summed E-state index contributed by atoms with van der Waals surface area (Å²) in [4.78, 5) is 10.8. The lowest BCUT2D eigenvalue weighted by Gasteiger charge is -2.04. The molecule has 20 heavy (non-hydrogen) atoms. The van der Waals surface area contributed by atoms with E-state index in [4.69, 9.17) is 5.11 Å². The van der Waals surface area contributed by atoms with Crippen molar-refractivity contribution >= 4 is 5.97 Å². The fourth-order valence-electron chi connectivity index (χ4n) is 1.92. The van der Waals surface area contributed by atoms with Gasteiger partial charge < -0.3 is 5.11 Å². The van der Waals surface area contributed by atoms with Gasteiger partial charge in [-0.2, -0.15) is 10.2 Å². The Morgan fingerprint density at radius 3 is 2.60 bits per heavy atom. The van der Waals surface area contributed by atoms with E-state index in [1.807, 2.05) is 36.5 Å². The number of carbonyl (C=O) groups is 1. The SMILES string of the molecule is O=C(O)c1cnn(Cc2ccc(-n3cccn3)cc2)c1. The van der Waals surface area contributed by atoms with Crippen molar-refractivity contribution in [3.05, 3.63) is 66.2 Å². The van der Waals surface area contributed by atoms with Gasteiger partial charge >= 0.3 is 5.97 Å². The first kappa shape index (κ1) is 12.2. The first-order valence-electron chi connectivity index (χ1n) is 6.07. The monoisotopic (exact) mass is 268 g/mol. The van der Waals surface area contributed by atoms with Crippen LogP contribution in [0.1, 0.15) is 15.9 Å². The highest BCUT2D eigenvalue weighted by molar-refractivity contribution is 5.86. The second-order valence-corrected chi connectivity index (χ2v) is 4.35. The molecule has 1 N–H and O–H groups in total. The topological polar surface area (TPSA) is 72.9 Å². The Morgan fingerprint density at radius 1 is 1.20 bits per heavy atom. The molecule has 2 aromatic heterocycles. The third-order valence-corrected chi connectivity index (χ3v) is 2.93. The Morgan fingerprint density at radius 2 is 2.00 bits per heavy atom. The molecule has 0 saturated heterocycles. The van der Waals surface area contributed by atoms with E-state index >= 15 is 0 Å². The Bertz CT molecular complexity index is 714. The summed E-state index contributed by atoms with van der Waals surface area (Å²) in [5, 5.41) is 17.0. The summed E-state index contributed by atoms with van der Waals surface area (Å²) in [7, 11) is 0. The van der Waals surface area contributed by atoms with Crippen LogP contribution in [0.5, 0.6) is 0 Å². The number of rotatable bonds is 4. The van der Waals surface area contributed by atoms with Crippen molar-refractivity contribution in [2.45, 2.75) is 6.54 Å². The van der Waals surface area contributed by atoms with Gasteiger partial charge in [0.1, 0.15) is 0 Å². The molecule has 0 fully saturated rings. The summed E-state index contributed by atoms with van der Waals surface area (Å²) in [6.45, 7) is 0.534. The van der Waals surface area contributed by atoms with E-state index in [0.29, 0.717) is 6.54 Å². The van der Waals surface area contributed by atoms with Crippen LogP contribution < -0.4 is 0 Å². The molecule has 0 aliphatic heterocycles. The lowest BCUT2D eigenvalue weighted by atomic mass is 10.2. The van der Waals surface area contributed by atoms with E-state index < -0.39 is 5.97 Å². The average molecular weight is 268 g/mol. The van der Waals surface area contributed by atoms with Crippen molar-refractivity contribution < 1.29 is 9.90 Å². The van der Waals surface area contributed by atoms with Crippen LogP contribution in [0.2, 0.25) is 0 Å². The first-order chi connectivity index (χ1) is 9.72. The fourth-order valence-corrected chi connectivity index (χ4v) is 1.92. The maximum absolute atomic E-state index is 10.8. The third kappa shape index (κ3) is 2.44. The smallest absolute Gasteiger partial charge is 0.338 e. The molecule has 100 valence electrons.